The molecule has 0 bridgehead atoms. The highest BCUT2D eigenvalue weighted by Gasteiger charge is 2.11. The lowest BCUT2D eigenvalue weighted by Gasteiger charge is -1.97. The Morgan fingerprint density at radius 2 is 2.18 bits per heavy atom. The van der Waals surface area contributed by atoms with Gasteiger partial charge in [0.15, 0.2) is 0 Å². The van der Waals surface area contributed by atoms with Gasteiger partial charge >= 0.3 is 0 Å². The second kappa shape index (κ2) is 3.59. The number of fused-ring (bicyclic) bond motifs is 1. The minimum Gasteiger partial charge on any atom is -0.303 e. The molecule has 1 aliphatic heterocycles. The second-order valence-corrected chi connectivity index (χ2v) is 3.97. The summed E-state index contributed by atoms with van der Waals surface area (Å²) in [6.45, 7) is 0. The Labute approximate surface area is 97.9 Å². The SMILES string of the molecule is Cn1[nH]cc(C=C2C=Nc3ccccc32)c1=O. The zero-order valence-corrected chi connectivity index (χ0v) is 9.34. The van der Waals surface area contributed by atoms with Crippen molar-refractivity contribution < 1.29 is 0 Å². The van der Waals surface area contributed by atoms with Crippen molar-refractivity contribution in [2.24, 2.45) is 12.0 Å². The van der Waals surface area contributed by atoms with Gasteiger partial charge in [0, 0.05) is 30.6 Å². The first-order chi connectivity index (χ1) is 8.25. The summed E-state index contributed by atoms with van der Waals surface area (Å²) in [5.41, 5.74) is 3.60. The van der Waals surface area contributed by atoms with Crippen molar-refractivity contribution in [3.8, 4) is 0 Å². The number of aromatic amines is 1. The number of hydrogen-bond donors (Lipinski definition) is 1. The number of aromatic nitrogens is 2. The van der Waals surface area contributed by atoms with Crippen molar-refractivity contribution in [3.63, 3.8) is 0 Å². The standard InChI is InChI=1S/C13H11N3O/c1-16-13(17)10(8-15-16)6-9-7-14-12-5-3-2-4-11(9)12/h2-8,15H,1H3. The third kappa shape index (κ3) is 1.54. The second-order valence-electron chi connectivity index (χ2n) is 3.97. The maximum atomic E-state index is 11.7. The van der Waals surface area contributed by atoms with Gasteiger partial charge in [-0.3, -0.25) is 14.5 Å². The van der Waals surface area contributed by atoms with Gasteiger partial charge in [0.25, 0.3) is 5.56 Å². The van der Waals surface area contributed by atoms with Crippen LogP contribution in [0.4, 0.5) is 5.69 Å². The van der Waals surface area contributed by atoms with Gasteiger partial charge in [-0.1, -0.05) is 18.2 Å². The smallest absolute Gasteiger partial charge is 0.273 e. The van der Waals surface area contributed by atoms with Crippen LogP contribution < -0.4 is 5.56 Å². The summed E-state index contributed by atoms with van der Waals surface area (Å²) in [6.07, 6.45) is 5.34. The molecule has 3 rings (SSSR count). The minimum atomic E-state index is -0.0321. The Hall–Kier alpha value is -2.36. The maximum absolute atomic E-state index is 11.7. The lowest BCUT2D eigenvalue weighted by molar-refractivity contribution is 0.739. The number of aliphatic imine (C=N–C) groups is 1. The number of hydrogen-bond acceptors (Lipinski definition) is 2. The molecule has 1 aliphatic rings. The predicted molar refractivity (Wildman–Crippen MR) is 68.5 cm³/mol. The van der Waals surface area contributed by atoms with Crippen LogP contribution in [-0.4, -0.2) is 16.0 Å². The van der Waals surface area contributed by atoms with Gasteiger partial charge in [-0.25, -0.2) is 0 Å². The van der Waals surface area contributed by atoms with Gasteiger partial charge in [-0.05, 0) is 12.1 Å². The van der Waals surface area contributed by atoms with Crippen LogP contribution in [0.25, 0.3) is 11.6 Å². The molecule has 2 heterocycles. The van der Waals surface area contributed by atoms with E-state index in [0.29, 0.717) is 5.56 Å². The van der Waals surface area contributed by atoms with Gasteiger partial charge in [0.05, 0.1) is 11.3 Å². The topological polar surface area (TPSA) is 50.1 Å². The minimum absolute atomic E-state index is 0.0321. The van der Waals surface area contributed by atoms with Crippen LogP contribution in [-0.2, 0) is 7.05 Å². The van der Waals surface area contributed by atoms with Crippen molar-refractivity contribution in [2.75, 3.05) is 0 Å². The lowest BCUT2D eigenvalue weighted by Crippen LogP contribution is -2.13. The Morgan fingerprint density at radius 3 is 2.94 bits per heavy atom. The molecule has 0 saturated heterocycles. The molecule has 4 heteroatoms. The monoisotopic (exact) mass is 225 g/mol. The van der Waals surface area contributed by atoms with Crippen LogP contribution >= 0.6 is 0 Å². The fourth-order valence-corrected chi connectivity index (χ4v) is 1.91. The highest BCUT2D eigenvalue weighted by molar-refractivity contribution is 6.21. The number of aryl methyl sites for hydroxylation is 1. The molecule has 1 aromatic heterocycles. The molecular weight excluding hydrogens is 214 g/mol. The van der Waals surface area contributed by atoms with E-state index in [2.05, 4.69) is 10.1 Å². The molecule has 0 spiro atoms. The Balaban J connectivity index is 2.11. The number of H-pyrrole nitrogens is 1. The molecule has 4 nitrogen and oxygen atoms in total. The maximum Gasteiger partial charge on any atom is 0.273 e. The molecule has 17 heavy (non-hydrogen) atoms. The third-order valence-corrected chi connectivity index (χ3v) is 2.83. The van der Waals surface area contributed by atoms with Gasteiger partial charge in [0.2, 0.25) is 0 Å². The number of para-hydroxylation sites is 1. The quantitative estimate of drug-likeness (QED) is 0.792. The van der Waals surface area contributed by atoms with Gasteiger partial charge in [0.1, 0.15) is 0 Å². The van der Waals surface area contributed by atoms with Gasteiger partial charge in [-0.15, -0.1) is 0 Å². The summed E-state index contributed by atoms with van der Waals surface area (Å²) < 4.78 is 1.45. The van der Waals surface area contributed by atoms with Crippen molar-refractivity contribution in [3.05, 3.63) is 51.9 Å². The largest absolute Gasteiger partial charge is 0.303 e. The van der Waals surface area contributed by atoms with E-state index in [0.717, 1.165) is 16.8 Å². The van der Waals surface area contributed by atoms with E-state index in [4.69, 9.17) is 0 Å². The predicted octanol–water partition coefficient (Wildman–Crippen LogP) is 1.97. The molecule has 0 amide bonds. The Bertz CT molecular complexity index is 689. The summed E-state index contributed by atoms with van der Waals surface area (Å²) >= 11 is 0. The van der Waals surface area contributed by atoms with E-state index in [1.807, 2.05) is 30.3 Å². The van der Waals surface area contributed by atoms with Crippen molar-refractivity contribution >= 4 is 23.6 Å². The van der Waals surface area contributed by atoms with Crippen molar-refractivity contribution in [1.29, 1.82) is 0 Å². The van der Waals surface area contributed by atoms with Gasteiger partial charge < -0.3 is 5.10 Å². The highest BCUT2D eigenvalue weighted by Crippen LogP contribution is 2.31. The molecule has 0 unspecified atom stereocenters. The van der Waals surface area contributed by atoms with Crippen molar-refractivity contribution in [1.82, 2.24) is 9.78 Å². The molecule has 1 aromatic carbocycles. The fraction of sp³-hybridized carbons (Fsp3) is 0.0769. The van der Waals surface area contributed by atoms with E-state index in [9.17, 15) is 4.79 Å². The molecule has 0 saturated carbocycles. The molecular formula is C13H11N3O. The Kier molecular flexibility index (Phi) is 2.08. The summed E-state index contributed by atoms with van der Waals surface area (Å²) in [4.78, 5) is 16.0. The van der Waals surface area contributed by atoms with Crippen LogP contribution in [0, 0.1) is 0 Å². The third-order valence-electron chi connectivity index (χ3n) is 2.83. The molecule has 0 fully saturated rings. The lowest BCUT2D eigenvalue weighted by atomic mass is 10.1. The summed E-state index contributed by atoms with van der Waals surface area (Å²) in [5, 5.41) is 2.85. The number of allylic oxidation sites excluding steroid dienone is 1. The first-order valence-electron chi connectivity index (χ1n) is 5.35. The summed E-state index contributed by atoms with van der Waals surface area (Å²) in [7, 11) is 1.70. The number of rotatable bonds is 1. The van der Waals surface area contributed by atoms with Crippen LogP contribution in [0.15, 0.2) is 40.2 Å². The molecule has 1 N–H and O–H groups in total. The average molecular weight is 225 g/mol. The molecule has 0 atom stereocenters. The summed E-state index contributed by atoms with van der Waals surface area (Å²) in [5.74, 6) is 0. The highest BCUT2D eigenvalue weighted by atomic mass is 16.1. The van der Waals surface area contributed by atoms with Crippen LogP contribution in [0.3, 0.4) is 0 Å². The summed E-state index contributed by atoms with van der Waals surface area (Å²) in [6, 6.07) is 7.89. The van der Waals surface area contributed by atoms with Gasteiger partial charge in [-0.2, -0.15) is 0 Å². The van der Waals surface area contributed by atoms with Crippen LogP contribution in [0.1, 0.15) is 11.1 Å². The fourth-order valence-electron chi connectivity index (χ4n) is 1.91. The number of benzene rings is 1. The number of nitrogens with zero attached hydrogens (tertiary/aromatic N) is 2. The van der Waals surface area contributed by atoms with E-state index in [-0.39, 0.29) is 5.56 Å². The van der Waals surface area contributed by atoms with Crippen molar-refractivity contribution in [2.45, 2.75) is 0 Å². The molecule has 0 aliphatic carbocycles. The van der Waals surface area contributed by atoms with Crippen LogP contribution in [0.5, 0.6) is 0 Å². The van der Waals surface area contributed by atoms with E-state index >= 15 is 0 Å². The van der Waals surface area contributed by atoms with E-state index in [1.54, 1.807) is 19.5 Å². The Morgan fingerprint density at radius 1 is 1.35 bits per heavy atom. The zero-order chi connectivity index (χ0) is 11.8. The molecule has 84 valence electrons. The van der Waals surface area contributed by atoms with Crippen LogP contribution in [0.2, 0.25) is 0 Å². The zero-order valence-electron chi connectivity index (χ0n) is 9.34. The first-order valence-corrected chi connectivity index (χ1v) is 5.35. The molecule has 2 aromatic rings. The first kappa shape index (κ1) is 9.84. The number of nitrogens with one attached hydrogen (secondary N) is 1. The van der Waals surface area contributed by atoms with E-state index in [1.165, 1.54) is 4.68 Å². The van der Waals surface area contributed by atoms with E-state index < -0.39 is 0 Å². The normalized spacial score (nSPS) is 15.5. The average Bonchev–Trinajstić information content (AvgIpc) is 2.89. The molecule has 0 radical (unpaired) electrons.